The van der Waals surface area contributed by atoms with Crippen LogP contribution in [0.2, 0.25) is 0 Å². The highest BCUT2D eigenvalue weighted by Crippen LogP contribution is 2.31. The topological polar surface area (TPSA) is 56.3 Å². The molecule has 0 spiro atoms. The first-order valence-electron chi connectivity index (χ1n) is 11.8. The van der Waals surface area contributed by atoms with E-state index in [1.165, 1.54) is 11.1 Å². The van der Waals surface area contributed by atoms with Gasteiger partial charge in [0, 0.05) is 30.4 Å². The highest BCUT2D eigenvalue weighted by molar-refractivity contribution is 7.99. The molecule has 3 aromatic rings. The second-order valence-corrected chi connectivity index (χ2v) is 9.91. The first kappa shape index (κ1) is 21.7. The zero-order chi connectivity index (χ0) is 21.6. The van der Waals surface area contributed by atoms with Crippen molar-refractivity contribution >= 4 is 11.8 Å². The van der Waals surface area contributed by atoms with E-state index in [2.05, 4.69) is 51.0 Å². The van der Waals surface area contributed by atoms with Crippen LogP contribution in [0.4, 0.5) is 0 Å². The number of rotatable bonds is 9. The number of piperidine rings is 1. The Balaban J connectivity index is 1.24. The molecule has 170 valence electrons. The number of thioether (sulfide) groups is 1. The molecule has 0 saturated carbocycles. The Labute approximate surface area is 194 Å². The van der Waals surface area contributed by atoms with E-state index in [9.17, 15) is 0 Å². The van der Waals surface area contributed by atoms with Gasteiger partial charge in [-0.05, 0) is 56.8 Å². The van der Waals surface area contributed by atoms with Crippen LogP contribution in [0.5, 0.6) is 0 Å². The third-order valence-corrected chi connectivity index (χ3v) is 7.53. The van der Waals surface area contributed by atoms with E-state index >= 15 is 0 Å². The van der Waals surface area contributed by atoms with Crippen molar-refractivity contribution in [2.75, 3.05) is 25.4 Å². The van der Waals surface area contributed by atoms with Crippen molar-refractivity contribution < 1.29 is 9.15 Å². The van der Waals surface area contributed by atoms with Crippen molar-refractivity contribution in [1.82, 2.24) is 19.7 Å². The molecule has 0 aliphatic carbocycles. The van der Waals surface area contributed by atoms with E-state index < -0.39 is 0 Å². The van der Waals surface area contributed by atoms with Crippen LogP contribution >= 0.6 is 11.8 Å². The number of benzene rings is 1. The number of aryl methyl sites for hydroxylation is 1. The highest BCUT2D eigenvalue weighted by Gasteiger charge is 2.28. The molecule has 2 aliphatic rings. The monoisotopic (exact) mass is 452 g/mol. The van der Waals surface area contributed by atoms with Crippen molar-refractivity contribution in [3.05, 3.63) is 65.9 Å². The Morgan fingerprint density at radius 1 is 1.00 bits per heavy atom. The fraction of sp³-hybridized carbons (Fsp3) is 0.520. The summed E-state index contributed by atoms with van der Waals surface area (Å²) in [6.45, 7) is 4.89. The van der Waals surface area contributed by atoms with Crippen LogP contribution in [0.3, 0.4) is 0 Å². The zero-order valence-electron chi connectivity index (χ0n) is 18.6. The standard InChI is InChI=1S/C25H32N4O2S/c1-2-5-20(6-3-1)11-16-32-25-27-26-24(29(25)18-23-7-4-14-31-23)22-8-12-28(13-9-22)17-21-10-15-30-19-21/h1-3,5-6,10,15,19,22-23H,4,7-9,11-14,16-18H2/t23-/m1/s1. The quantitative estimate of drug-likeness (QED) is 0.436. The molecule has 2 aromatic heterocycles. The molecular weight excluding hydrogens is 420 g/mol. The van der Waals surface area contributed by atoms with Crippen molar-refractivity contribution in [3.8, 4) is 0 Å². The van der Waals surface area contributed by atoms with Crippen LogP contribution in [-0.2, 0) is 24.2 Å². The van der Waals surface area contributed by atoms with Gasteiger partial charge in [-0.2, -0.15) is 0 Å². The molecular formula is C25H32N4O2S. The molecule has 5 rings (SSSR count). The molecule has 1 atom stereocenters. The minimum absolute atomic E-state index is 0.291. The molecule has 4 heterocycles. The lowest BCUT2D eigenvalue weighted by Gasteiger charge is -2.31. The van der Waals surface area contributed by atoms with Crippen molar-refractivity contribution in [3.63, 3.8) is 0 Å². The van der Waals surface area contributed by atoms with Crippen LogP contribution in [-0.4, -0.2) is 51.2 Å². The van der Waals surface area contributed by atoms with Gasteiger partial charge in [0.05, 0.1) is 25.2 Å². The summed E-state index contributed by atoms with van der Waals surface area (Å²) in [4.78, 5) is 2.51. The van der Waals surface area contributed by atoms with Crippen LogP contribution in [0.15, 0.2) is 58.5 Å². The van der Waals surface area contributed by atoms with Gasteiger partial charge in [0.25, 0.3) is 0 Å². The molecule has 32 heavy (non-hydrogen) atoms. The summed E-state index contributed by atoms with van der Waals surface area (Å²) in [5.41, 5.74) is 2.62. The molecule has 6 nitrogen and oxygen atoms in total. The van der Waals surface area contributed by atoms with Gasteiger partial charge in [-0.3, -0.25) is 4.90 Å². The van der Waals surface area contributed by atoms with Crippen LogP contribution in [0, 0.1) is 0 Å². The van der Waals surface area contributed by atoms with Gasteiger partial charge in [0.15, 0.2) is 5.16 Å². The Kier molecular flexibility index (Phi) is 7.26. The second kappa shape index (κ2) is 10.7. The Morgan fingerprint density at radius 2 is 1.88 bits per heavy atom. The van der Waals surface area contributed by atoms with E-state index in [-0.39, 0.29) is 0 Å². The molecule has 0 unspecified atom stereocenters. The number of hydrogen-bond acceptors (Lipinski definition) is 6. The SMILES string of the molecule is c1ccc(CCSc2nnc(C3CCN(Cc4ccoc4)CC3)n2C[C@H]2CCCO2)cc1. The maximum Gasteiger partial charge on any atom is 0.191 e. The Hall–Kier alpha value is -2.09. The number of nitrogens with zero attached hydrogens (tertiary/aromatic N) is 4. The molecule has 0 bridgehead atoms. The summed E-state index contributed by atoms with van der Waals surface area (Å²) in [7, 11) is 0. The molecule has 0 radical (unpaired) electrons. The fourth-order valence-electron chi connectivity index (χ4n) is 4.77. The van der Waals surface area contributed by atoms with Gasteiger partial charge < -0.3 is 13.7 Å². The number of furan rings is 1. The van der Waals surface area contributed by atoms with E-state index in [1.807, 2.05) is 18.0 Å². The van der Waals surface area contributed by atoms with Crippen LogP contribution in [0.25, 0.3) is 0 Å². The minimum Gasteiger partial charge on any atom is -0.472 e. The van der Waals surface area contributed by atoms with Gasteiger partial charge in [-0.15, -0.1) is 10.2 Å². The normalized spacial score (nSPS) is 20.2. The predicted molar refractivity (Wildman–Crippen MR) is 126 cm³/mol. The van der Waals surface area contributed by atoms with E-state index in [0.29, 0.717) is 12.0 Å². The summed E-state index contributed by atoms with van der Waals surface area (Å²) >= 11 is 1.83. The molecule has 2 saturated heterocycles. The average molecular weight is 453 g/mol. The lowest BCUT2D eigenvalue weighted by Crippen LogP contribution is -2.33. The third-order valence-electron chi connectivity index (χ3n) is 6.56. The molecule has 7 heteroatoms. The molecule has 2 aliphatic heterocycles. The maximum atomic E-state index is 5.97. The lowest BCUT2D eigenvalue weighted by molar-refractivity contribution is 0.0931. The molecule has 2 fully saturated rings. The van der Waals surface area contributed by atoms with Gasteiger partial charge >= 0.3 is 0 Å². The number of aromatic nitrogens is 3. The number of likely N-dealkylation sites (tertiary alicyclic amines) is 1. The lowest BCUT2D eigenvalue weighted by atomic mass is 9.95. The van der Waals surface area contributed by atoms with Crippen molar-refractivity contribution in [2.45, 2.75) is 62.4 Å². The molecule has 1 aromatic carbocycles. The van der Waals surface area contributed by atoms with Gasteiger partial charge in [-0.25, -0.2) is 0 Å². The second-order valence-electron chi connectivity index (χ2n) is 8.85. The summed E-state index contributed by atoms with van der Waals surface area (Å²) in [5, 5.41) is 10.4. The van der Waals surface area contributed by atoms with Crippen molar-refractivity contribution in [1.29, 1.82) is 0 Å². The van der Waals surface area contributed by atoms with Gasteiger partial charge in [-0.1, -0.05) is 42.1 Å². The highest BCUT2D eigenvalue weighted by atomic mass is 32.2. The summed E-state index contributed by atoms with van der Waals surface area (Å²) < 4.78 is 13.6. The molecule has 0 amide bonds. The number of hydrogen-bond donors (Lipinski definition) is 0. The van der Waals surface area contributed by atoms with E-state index in [4.69, 9.17) is 14.3 Å². The summed E-state index contributed by atoms with van der Waals surface area (Å²) in [6.07, 6.45) is 9.47. The molecule has 0 N–H and O–H groups in total. The van der Waals surface area contributed by atoms with Gasteiger partial charge in [0.2, 0.25) is 0 Å². The van der Waals surface area contributed by atoms with Crippen LogP contribution < -0.4 is 0 Å². The smallest absolute Gasteiger partial charge is 0.191 e. The summed E-state index contributed by atoms with van der Waals surface area (Å²) in [5.74, 6) is 2.63. The third kappa shape index (κ3) is 5.45. The predicted octanol–water partition coefficient (Wildman–Crippen LogP) is 4.76. The zero-order valence-corrected chi connectivity index (χ0v) is 19.4. The van der Waals surface area contributed by atoms with E-state index in [1.54, 1.807) is 6.26 Å². The minimum atomic E-state index is 0.291. The van der Waals surface area contributed by atoms with E-state index in [0.717, 1.165) is 81.6 Å². The first-order valence-corrected chi connectivity index (χ1v) is 12.8. The largest absolute Gasteiger partial charge is 0.472 e. The first-order chi connectivity index (χ1) is 15.8. The van der Waals surface area contributed by atoms with Gasteiger partial charge in [0.1, 0.15) is 5.82 Å². The van der Waals surface area contributed by atoms with Crippen LogP contribution in [0.1, 0.15) is 48.6 Å². The fourth-order valence-corrected chi connectivity index (χ4v) is 5.71. The maximum absolute atomic E-state index is 5.97. The number of ether oxygens (including phenoxy) is 1. The Bertz CT molecular complexity index is 946. The van der Waals surface area contributed by atoms with Crippen molar-refractivity contribution in [2.24, 2.45) is 0 Å². The average Bonchev–Trinajstić information content (AvgIpc) is 3.59. The summed E-state index contributed by atoms with van der Waals surface area (Å²) in [6, 6.07) is 12.7. The Morgan fingerprint density at radius 3 is 2.62 bits per heavy atom.